The van der Waals surface area contributed by atoms with Crippen molar-refractivity contribution in [3.8, 4) is 0 Å². The lowest BCUT2D eigenvalue weighted by atomic mass is 10.1. The molecule has 0 aromatic heterocycles. The van der Waals surface area contributed by atoms with Crippen LogP contribution >= 0.6 is 0 Å². The van der Waals surface area contributed by atoms with Gasteiger partial charge in [-0.05, 0) is 6.42 Å². The largest absolute Gasteiger partial charge is 0.394 e. The highest BCUT2D eigenvalue weighted by Gasteiger charge is 2.32. The topological polar surface area (TPSA) is 93.1 Å². The van der Waals surface area contributed by atoms with Crippen molar-refractivity contribution in [1.82, 2.24) is 0 Å². The quantitative estimate of drug-likeness (QED) is 0.588. The monoisotopic (exact) mass is 226 g/mol. The van der Waals surface area contributed by atoms with Gasteiger partial charge >= 0.3 is 0 Å². The highest BCUT2D eigenvalue weighted by Crippen LogP contribution is 2.21. The summed E-state index contributed by atoms with van der Waals surface area (Å²) in [7, 11) is -3.56. The maximum absolute atomic E-state index is 10.8. The van der Waals surface area contributed by atoms with Crippen molar-refractivity contribution >= 4 is 10.1 Å². The van der Waals surface area contributed by atoms with E-state index in [4.69, 9.17) is 19.1 Å². The molecule has 1 fully saturated rings. The molecule has 7 heteroatoms. The van der Waals surface area contributed by atoms with E-state index < -0.39 is 28.6 Å². The van der Waals surface area contributed by atoms with Crippen LogP contribution < -0.4 is 0 Å². The molecule has 0 saturated carbocycles. The molecule has 1 heterocycles. The second kappa shape index (κ2) is 4.54. The standard InChI is InChI=1S/C7H14O6S/c1-14(10,11)13-5-2-3-7(9)12-6(5)4-8/h5-9H,2-4H2,1H3. The van der Waals surface area contributed by atoms with Gasteiger partial charge in [-0.1, -0.05) is 0 Å². The Bertz CT molecular complexity index is 274. The maximum Gasteiger partial charge on any atom is 0.264 e. The zero-order chi connectivity index (χ0) is 10.8. The van der Waals surface area contributed by atoms with Crippen molar-refractivity contribution in [1.29, 1.82) is 0 Å². The van der Waals surface area contributed by atoms with Crippen LogP contribution in [-0.4, -0.2) is 50.0 Å². The number of ether oxygens (including phenoxy) is 1. The molecule has 1 aliphatic heterocycles. The lowest BCUT2D eigenvalue weighted by Crippen LogP contribution is -2.43. The van der Waals surface area contributed by atoms with Gasteiger partial charge in [-0.3, -0.25) is 4.18 Å². The number of hydrogen-bond acceptors (Lipinski definition) is 6. The predicted molar refractivity (Wildman–Crippen MR) is 46.9 cm³/mol. The Hall–Kier alpha value is -0.210. The fourth-order valence-electron chi connectivity index (χ4n) is 1.35. The molecule has 3 atom stereocenters. The molecular formula is C7H14O6S. The minimum atomic E-state index is -3.56. The smallest absolute Gasteiger partial charge is 0.264 e. The average Bonchev–Trinajstić information content (AvgIpc) is 2.06. The summed E-state index contributed by atoms with van der Waals surface area (Å²) in [6.45, 7) is -0.378. The first-order valence-corrected chi connectivity index (χ1v) is 6.06. The van der Waals surface area contributed by atoms with Crippen LogP contribution in [0.4, 0.5) is 0 Å². The van der Waals surface area contributed by atoms with Crippen LogP contribution in [0, 0.1) is 0 Å². The van der Waals surface area contributed by atoms with Gasteiger partial charge in [0.05, 0.1) is 12.9 Å². The molecule has 0 spiro atoms. The molecule has 2 N–H and O–H groups in total. The molecule has 1 saturated heterocycles. The van der Waals surface area contributed by atoms with Crippen molar-refractivity contribution in [2.24, 2.45) is 0 Å². The Morgan fingerprint density at radius 3 is 2.64 bits per heavy atom. The second-order valence-corrected chi connectivity index (χ2v) is 4.83. The minimum absolute atomic E-state index is 0.302. The lowest BCUT2D eigenvalue weighted by Gasteiger charge is -2.32. The van der Waals surface area contributed by atoms with Crippen LogP contribution in [0.2, 0.25) is 0 Å². The van der Waals surface area contributed by atoms with Crippen LogP contribution in [-0.2, 0) is 19.0 Å². The third-order valence-electron chi connectivity index (χ3n) is 1.92. The predicted octanol–water partition coefficient (Wildman–Crippen LogP) is -1.18. The van der Waals surface area contributed by atoms with Gasteiger partial charge in [0.25, 0.3) is 10.1 Å². The normalized spacial score (nSPS) is 34.4. The SMILES string of the molecule is CS(=O)(=O)OC1CCC(O)OC1CO. The summed E-state index contributed by atoms with van der Waals surface area (Å²) in [5, 5.41) is 18.0. The summed E-state index contributed by atoms with van der Waals surface area (Å²) in [6, 6.07) is 0. The van der Waals surface area contributed by atoms with E-state index in [1.165, 1.54) is 0 Å². The summed E-state index contributed by atoms with van der Waals surface area (Å²) in [5.41, 5.74) is 0. The Morgan fingerprint density at radius 1 is 1.50 bits per heavy atom. The summed E-state index contributed by atoms with van der Waals surface area (Å²) in [4.78, 5) is 0. The number of aliphatic hydroxyl groups is 2. The zero-order valence-corrected chi connectivity index (χ0v) is 8.61. The second-order valence-electron chi connectivity index (χ2n) is 3.23. The van der Waals surface area contributed by atoms with E-state index in [0.717, 1.165) is 6.26 Å². The molecule has 0 radical (unpaired) electrons. The van der Waals surface area contributed by atoms with E-state index in [1.807, 2.05) is 0 Å². The summed E-state index contributed by atoms with van der Waals surface area (Å²) in [6.07, 6.45) is -0.860. The Morgan fingerprint density at radius 2 is 2.14 bits per heavy atom. The zero-order valence-electron chi connectivity index (χ0n) is 7.79. The highest BCUT2D eigenvalue weighted by atomic mass is 32.2. The summed E-state index contributed by atoms with van der Waals surface area (Å²) < 4.78 is 31.3. The third kappa shape index (κ3) is 3.50. The molecule has 84 valence electrons. The van der Waals surface area contributed by atoms with E-state index in [1.54, 1.807) is 0 Å². The van der Waals surface area contributed by atoms with Gasteiger partial charge in [0.1, 0.15) is 12.2 Å². The van der Waals surface area contributed by atoms with Crippen LogP contribution in [0.5, 0.6) is 0 Å². The van der Waals surface area contributed by atoms with E-state index in [2.05, 4.69) is 0 Å². The first kappa shape index (κ1) is 11.9. The van der Waals surface area contributed by atoms with Crippen LogP contribution in [0.3, 0.4) is 0 Å². The molecule has 6 nitrogen and oxygen atoms in total. The molecule has 1 rings (SSSR count). The molecule has 0 aliphatic carbocycles. The lowest BCUT2D eigenvalue weighted by molar-refractivity contribution is -0.202. The number of aliphatic hydroxyl groups excluding tert-OH is 2. The molecule has 0 amide bonds. The van der Waals surface area contributed by atoms with E-state index in [9.17, 15) is 8.42 Å². The number of rotatable bonds is 3. The maximum atomic E-state index is 10.8. The Kier molecular flexibility index (Phi) is 3.85. The average molecular weight is 226 g/mol. The van der Waals surface area contributed by atoms with Gasteiger partial charge in [0, 0.05) is 6.42 Å². The molecule has 14 heavy (non-hydrogen) atoms. The van der Waals surface area contributed by atoms with Gasteiger partial charge in [-0.15, -0.1) is 0 Å². The van der Waals surface area contributed by atoms with Gasteiger partial charge < -0.3 is 14.9 Å². The van der Waals surface area contributed by atoms with Crippen molar-refractivity contribution in [2.75, 3.05) is 12.9 Å². The van der Waals surface area contributed by atoms with Crippen molar-refractivity contribution < 1.29 is 27.6 Å². The van der Waals surface area contributed by atoms with E-state index >= 15 is 0 Å². The fourth-order valence-corrected chi connectivity index (χ4v) is 2.01. The molecular weight excluding hydrogens is 212 g/mol. The van der Waals surface area contributed by atoms with Crippen molar-refractivity contribution in [3.05, 3.63) is 0 Å². The van der Waals surface area contributed by atoms with E-state index in [-0.39, 0.29) is 6.61 Å². The van der Waals surface area contributed by atoms with Crippen LogP contribution in [0.25, 0.3) is 0 Å². The van der Waals surface area contributed by atoms with E-state index in [0.29, 0.717) is 12.8 Å². The minimum Gasteiger partial charge on any atom is -0.394 e. The van der Waals surface area contributed by atoms with Crippen LogP contribution in [0.15, 0.2) is 0 Å². The first-order valence-electron chi connectivity index (χ1n) is 4.25. The molecule has 0 bridgehead atoms. The molecule has 1 aliphatic rings. The summed E-state index contributed by atoms with van der Waals surface area (Å²) >= 11 is 0. The Balaban J connectivity index is 2.59. The molecule has 0 aromatic rings. The molecule has 0 aromatic carbocycles. The fraction of sp³-hybridized carbons (Fsp3) is 1.00. The van der Waals surface area contributed by atoms with Gasteiger partial charge in [-0.25, -0.2) is 0 Å². The van der Waals surface area contributed by atoms with Gasteiger partial charge in [0.15, 0.2) is 6.29 Å². The highest BCUT2D eigenvalue weighted by molar-refractivity contribution is 7.86. The van der Waals surface area contributed by atoms with Gasteiger partial charge in [0.2, 0.25) is 0 Å². The van der Waals surface area contributed by atoms with Crippen molar-refractivity contribution in [3.63, 3.8) is 0 Å². The van der Waals surface area contributed by atoms with Gasteiger partial charge in [-0.2, -0.15) is 8.42 Å². The molecule has 3 unspecified atom stereocenters. The third-order valence-corrected chi connectivity index (χ3v) is 2.52. The van der Waals surface area contributed by atoms with Crippen molar-refractivity contribution in [2.45, 2.75) is 31.3 Å². The number of hydrogen-bond donors (Lipinski definition) is 2. The Labute approximate surface area is 82.6 Å². The van der Waals surface area contributed by atoms with Crippen LogP contribution in [0.1, 0.15) is 12.8 Å². The first-order chi connectivity index (χ1) is 6.42. The summed E-state index contributed by atoms with van der Waals surface area (Å²) in [5.74, 6) is 0.